The van der Waals surface area contributed by atoms with Crippen molar-refractivity contribution in [2.75, 3.05) is 0 Å². The molecule has 0 spiro atoms. The Morgan fingerprint density at radius 2 is 2.00 bits per heavy atom. The SMILES string of the molecule is Cc1cc(-n2cnnc2)ccc1CN. The molecule has 0 aliphatic rings. The van der Waals surface area contributed by atoms with Crippen molar-refractivity contribution >= 4 is 0 Å². The van der Waals surface area contributed by atoms with Crippen molar-refractivity contribution in [3.63, 3.8) is 0 Å². The van der Waals surface area contributed by atoms with Crippen LogP contribution in [0, 0.1) is 6.92 Å². The fraction of sp³-hybridized carbons (Fsp3) is 0.200. The van der Waals surface area contributed by atoms with Crippen LogP contribution < -0.4 is 5.73 Å². The molecule has 0 bridgehead atoms. The molecule has 0 saturated carbocycles. The van der Waals surface area contributed by atoms with Crippen LogP contribution in [0.3, 0.4) is 0 Å². The number of rotatable bonds is 2. The maximum Gasteiger partial charge on any atom is 0.123 e. The molecular formula is C10H12N4. The van der Waals surface area contributed by atoms with E-state index in [0.717, 1.165) is 5.69 Å². The van der Waals surface area contributed by atoms with E-state index in [1.54, 1.807) is 12.7 Å². The minimum Gasteiger partial charge on any atom is -0.326 e. The van der Waals surface area contributed by atoms with E-state index in [1.165, 1.54) is 11.1 Å². The third kappa shape index (κ3) is 1.52. The highest BCUT2D eigenvalue weighted by molar-refractivity contribution is 5.39. The van der Waals surface area contributed by atoms with E-state index in [-0.39, 0.29) is 0 Å². The molecule has 72 valence electrons. The summed E-state index contributed by atoms with van der Waals surface area (Å²) in [6.45, 7) is 2.63. The minimum atomic E-state index is 0.578. The van der Waals surface area contributed by atoms with Gasteiger partial charge in [0.1, 0.15) is 12.7 Å². The van der Waals surface area contributed by atoms with E-state index in [0.29, 0.717) is 6.54 Å². The van der Waals surface area contributed by atoms with Crippen molar-refractivity contribution < 1.29 is 0 Å². The predicted octanol–water partition coefficient (Wildman–Crippen LogP) is 1.03. The van der Waals surface area contributed by atoms with Gasteiger partial charge in [-0.05, 0) is 30.2 Å². The molecule has 0 saturated heterocycles. The molecule has 4 heteroatoms. The summed E-state index contributed by atoms with van der Waals surface area (Å²) >= 11 is 0. The van der Waals surface area contributed by atoms with E-state index in [9.17, 15) is 0 Å². The monoisotopic (exact) mass is 188 g/mol. The Balaban J connectivity index is 2.43. The lowest BCUT2D eigenvalue weighted by Gasteiger charge is -2.06. The standard InChI is InChI=1S/C10H12N4/c1-8-4-10(3-2-9(8)5-11)14-6-12-13-7-14/h2-4,6-7H,5,11H2,1H3. The number of hydrogen-bond donors (Lipinski definition) is 1. The Hall–Kier alpha value is -1.68. The highest BCUT2D eigenvalue weighted by Crippen LogP contribution is 2.13. The first-order valence-corrected chi connectivity index (χ1v) is 4.46. The second-order valence-electron chi connectivity index (χ2n) is 3.18. The molecule has 0 aliphatic heterocycles. The van der Waals surface area contributed by atoms with Gasteiger partial charge >= 0.3 is 0 Å². The quantitative estimate of drug-likeness (QED) is 0.766. The summed E-state index contributed by atoms with van der Waals surface area (Å²) in [6, 6.07) is 6.12. The van der Waals surface area contributed by atoms with Crippen LogP contribution >= 0.6 is 0 Å². The molecule has 1 heterocycles. The molecular weight excluding hydrogens is 176 g/mol. The van der Waals surface area contributed by atoms with Gasteiger partial charge in [-0.3, -0.25) is 4.57 Å². The smallest absolute Gasteiger partial charge is 0.123 e. The van der Waals surface area contributed by atoms with Gasteiger partial charge in [-0.15, -0.1) is 10.2 Å². The second kappa shape index (κ2) is 3.59. The molecule has 0 atom stereocenters. The van der Waals surface area contributed by atoms with Crippen LogP contribution in [0.1, 0.15) is 11.1 Å². The Labute approximate surface area is 82.4 Å². The summed E-state index contributed by atoms with van der Waals surface area (Å²) in [5.74, 6) is 0. The molecule has 0 amide bonds. The van der Waals surface area contributed by atoms with Gasteiger partial charge in [-0.25, -0.2) is 0 Å². The Kier molecular flexibility index (Phi) is 2.28. The van der Waals surface area contributed by atoms with Crippen LogP contribution in [0.4, 0.5) is 0 Å². The number of aryl methyl sites for hydroxylation is 1. The Morgan fingerprint density at radius 3 is 2.57 bits per heavy atom. The van der Waals surface area contributed by atoms with Crippen molar-refractivity contribution in [1.82, 2.24) is 14.8 Å². The highest BCUT2D eigenvalue weighted by atomic mass is 15.2. The number of benzene rings is 1. The molecule has 0 aliphatic carbocycles. The first-order valence-electron chi connectivity index (χ1n) is 4.46. The normalized spacial score (nSPS) is 10.4. The molecule has 0 radical (unpaired) electrons. The summed E-state index contributed by atoms with van der Waals surface area (Å²) < 4.78 is 1.87. The van der Waals surface area contributed by atoms with Crippen LogP contribution in [0.25, 0.3) is 5.69 Å². The molecule has 1 aromatic carbocycles. The van der Waals surface area contributed by atoms with E-state index >= 15 is 0 Å². The second-order valence-corrected chi connectivity index (χ2v) is 3.18. The fourth-order valence-electron chi connectivity index (χ4n) is 1.40. The van der Waals surface area contributed by atoms with E-state index < -0.39 is 0 Å². The average Bonchev–Trinajstić information content (AvgIpc) is 2.70. The summed E-state index contributed by atoms with van der Waals surface area (Å²) in [4.78, 5) is 0. The first-order chi connectivity index (χ1) is 6.81. The molecule has 2 rings (SSSR count). The number of nitrogens with two attached hydrogens (primary N) is 1. The van der Waals surface area contributed by atoms with E-state index in [2.05, 4.69) is 23.2 Å². The lowest BCUT2D eigenvalue weighted by molar-refractivity contribution is 1.02. The third-order valence-corrected chi connectivity index (χ3v) is 2.26. The number of hydrogen-bond acceptors (Lipinski definition) is 3. The van der Waals surface area contributed by atoms with Crippen LogP contribution in [-0.2, 0) is 6.54 Å². The van der Waals surface area contributed by atoms with E-state index in [1.807, 2.05) is 16.7 Å². The molecule has 1 aromatic heterocycles. The molecule has 14 heavy (non-hydrogen) atoms. The Morgan fingerprint density at radius 1 is 1.29 bits per heavy atom. The molecule has 0 fully saturated rings. The van der Waals surface area contributed by atoms with Gasteiger partial charge in [0.05, 0.1) is 0 Å². The van der Waals surface area contributed by atoms with Gasteiger partial charge in [-0.2, -0.15) is 0 Å². The zero-order chi connectivity index (χ0) is 9.97. The van der Waals surface area contributed by atoms with Gasteiger partial charge in [0.15, 0.2) is 0 Å². The number of aromatic nitrogens is 3. The minimum absolute atomic E-state index is 0.578. The maximum atomic E-state index is 5.59. The zero-order valence-corrected chi connectivity index (χ0v) is 8.01. The summed E-state index contributed by atoms with van der Waals surface area (Å²) in [7, 11) is 0. The van der Waals surface area contributed by atoms with Crippen LogP contribution in [0.15, 0.2) is 30.9 Å². The lowest BCUT2D eigenvalue weighted by Crippen LogP contribution is -2.00. The molecule has 2 aromatic rings. The van der Waals surface area contributed by atoms with Crippen molar-refractivity contribution in [2.45, 2.75) is 13.5 Å². The lowest BCUT2D eigenvalue weighted by atomic mass is 10.1. The van der Waals surface area contributed by atoms with Crippen molar-refractivity contribution in [1.29, 1.82) is 0 Å². The van der Waals surface area contributed by atoms with Crippen molar-refractivity contribution in [2.24, 2.45) is 5.73 Å². The van der Waals surface area contributed by atoms with Gasteiger partial charge in [0.2, 0.25) is 0 Å². The Bertz CT molecular complexity index is 420. The van der Waals surface area contributed by atoms with Crippen LogP contribution in [0.5, 0.6) is 0 Å². The predicted molar refractivity (Wildman–Crippen MR) is 54.0 cm³/mol. The summed E-state index contributed by atoms with van der Waals surface area (Å²) in [6.07, 6.45) is 3.35. The molecule has 0 unspecified atom stereocenters. The van der Waals surface area contributed by atoms with Crippen LogP contribution in [0.2, 0.25) is 0 Å². The first kappa shape index (κ1) is 8.90. The van der Waals surface area contributed by atoms with E-state index in [4.69, 9.17) is 5.73 Å². The van der Waals surface area contributed by atoms with Crippen LogP contribution in [-0.4, -0.2) is 14.8 Å². The highest BCUT2D eigenvalue weighted by Gasteiger charge is 1.99. The van der Waals surface area contributed by atoms with Crippen molar-refractivity contribution in [3.05, 3.63) is 42.0 Å². The van der Waals surface area contributed by atoms with Gasteiger partial charge < -0.3 is 5.73 Å². The van der Waals surface area contributed by atoms with Gasteiger partial charge in [0, 0.05) is 12.2 Å². The third-order valence-electron chi connectivity index (χ3n) is 2.26. The topological polar surface area (TPSA) is 56.7 Å². The van der Waals surface area contributed by atoms with Crippen molar-refractivity contribution in [3.8, 4) is 5.69 Å². The number of nitrogens with zero attached hydrogens (tertiary/aromatic N) is 3. The fourth-order valence-corrected chi connectivity index (χ4v) is 1.40. The maximum absolute atomic E-state index is 5.59. The molecule has 4 nitrogen and oxygen atoms in total. The largest absolute Gasteiger partial charge is 0.326 e. The molecule has 2 N–H and O–H groups in total. The summed E-state index contributed by atoms with van der Waals surface area (Å²) in [5.41, 5.74) is 9.01. The van der Waals surface area contributed by atoms with Gasteiger partial charge in [0.25, 0.3) is 0 Å². The summed E-state index contributed by atoms with van der Waals surface area (Å²) in [5, 5.41) is 7.52. The zero-order valence-electron chi connectivity index (χ0n) is 8.01. The average molecular weight is 188 g/mol. The van der Waals surface area contributed by atoms with Gasteiger partial charge in [-0.1, -0.05) is 6.07 Å².